The van der Waals surface area contributed by atoms with E-state index in [2.05, 4.69) is 47.9 Å². The van der Waals surface area contributed by atoms with Crippen molar-refractivity contribution in [1.29, 1.82) is 5.26 Å². The molecule has 0 unspecified atom stereocenters. The van der Waals surface area contributed by atoms with Crippen LogP contribution >= 0.6 is 15.9 Å². The molecule has 0 fully saturated rings. The summed E-state index contributed by atoms with van der Waals surface area (Å²) in [5, 5.41) is 12.0. The molecule has 0 bridgehead atoms. The minimum Gasteiger partial charge on any atom is -0.493 e. The lowest BCUT2D eigenvalue weighted by atomic mass is 9.69. The van der Waals surface area contributed by atoms with Gasteiger partial charge in [0.1, 0.15) is 12.4 Å². The Morgan fingerprint density at radius 1 is 1.31 bits per heavy atom. The minimum absolute atomic E-state index is 0.00608. The maximum Gasteiger partial charge on any atom is 0.175 e. The second-order valence-corrected chi connectivity index (χ2v) is 10.4. The van der Waals surface area contributed by atoms with Gasteiger partial charge in [-0.25, -0.2) is 5.01 Å². The highest BCUT2D eigenvalue weighted by Gasteiger charge is 2.45. The molecule has 0 radical (unpaired) electrons. The Morgan fingerprint density at radius 2 is 2.03 bits per heavy atom. The zero-order valence-corrected chi connectivity index (χ0v) is 22.2. The molecule has 0 saturated carbocycles. The van der Waals surface area contributed by atoms with Crippen LogP contribution in [0.3, 0.4) is 0 Å². The van der Waals surface area contributed by atoms with Crippen molar-refractivity contribution in [3.8, 4) is 17.6 Å². The molecule has 0 spiro atoms. The van der Waals surface area contributed by atoms with E-state index in [4.69, 9.17) is 15.2 Å². The van der Waals surface area contributed by atoms with E-state index in [-0.39, 0.29) is 17.0 Å². The molecule has 4 rings (SSSR count). The number of nitriles is 1. The number of halogens is 1. The van der Waals surface area contributed by atoms with Crippen molar-refractivity contribution in [2.75, 3.05) is 19.1 Å². The van der Waals surface area contributed by atoms with Crippen molar-refractivity contribution in [3.05, 3.63) is 87.8 Å². The molecule has 1 aliphatic carbocycles. The van der Waals surface area contributed by atoms with Crippen LogP contribution in [0.4, 0.5) is 5.69 Å². The number of hydrazine groups is 1. The highest BCUT2D eigenvalue weighted by Crippen LogP contribution is 2.50. The first kappa shape index (κ1) is 25.4. The molecule has 0 saturated heterocycles. The van der Waals surface area contributed by atoms with E-state index in [0.29, 0.717) is 52.1 Å². The number of carbonyl (C=O) groups is 1. The molecule has 0 amide bonds. The Morgan fingerprint density at radius 3 is 2.67 bits per heavy atom. The SMILES string of the molecule is C=CCOc1c(Br)cc([C@H]2C(C#N)=C(N)N(Nc3ccccc3)C3=C2C(=O)CC(C)(C)C3)cc1OC. The quantitative estimate of drug-likeness (QED) is 0.422. The maximum absolute atomic E-state index is 13.7. The number of nitrogens with one attached hydrogen (secondary N) is 1. The Labute approximate surface area is 220 Å². The van der Waals surface area contributed by atoms with Gasteiger partial charge >= 0.3 is 0 Å². The van der Waals surface area contributed by atoms with Crippen LogP contribution < -0.4 is 20.6 Å². The average molecular weight is 549 g/mol. The zero-order valence-electron chi connectivity index (χ0n) is 20.6. The van der Waals surface area contributed by atoms with Gasteiger partial charge in [-0.1, -0.05) is 44.7 Å². The topological polar surface area (TPSA) is 101 Å². The summed E-state index contributed by atoms with van der Waals surface area (Å²) in [5.74, 6) is 0.616. The first-order chi connectivity index (χ1) is 17.2. The normalized spacial score (nSPS) is 18.9. The van der Waals surface area contributed by atoms with Crippen LogP contribution in [0.2, 0.25) is 0 Å². The highest BCUT2D eigenvalue weighted by molar-refractivity contribution is 9.10. The van der Waals surface area contributed by atoms with Crippen molar-refractivity contribution < 1.29 is 14.3 Å². The van der Waals surface area contributed by atoms with Crippen LogP contribution in [-0.2, 0) is 4.79 Å². The molecule has 2 aliphatic rings. The summed E-state index contributed by atoms with van der Waals surface area (Å²) >= 11 is 3.58. The number of carbonyl (C=O) groups excluding carboxylic acids is 1. The summed E-state index contributed by atoms with van der Waals surface area (Å²) in [5.41, 5.74) is 12.8. The molecule has 36 heavy (non-hydrogen) atoms. The predicted molar refractivity (Wildman–Crippen MR) is 143 cm³/mol. The van der Waals surface area contributed by atoms with Gasteiger partial charge in [0.2, 0.25) is 0 Å². The largest absolute Gasteiger partial charge is 0.493 e. The van der Waals surface area contributed by atoms with Gasteiger partial charge in [-0.15, -0.1) is 0 Å². The van der Waals surface area contributed by atoms with E-state index in [1.807, 2.05) is 36.4 Å². The number of Topliss-reactive ketones (excluding diaryl/α,β-unsaturated/α-hetero) is 1. The van der Waals surface area contributed by atoms with Gasteiger partial charge in [-0.3, -0.25) is 10.2 Å². The second kappa shape index (κ2) is 10.1. The molecule has 2 aromatic rings. The summed E-state index contributed by atoms with van der Waals surface area (Å²) in [6, 6.07) is 15.5. The first-order valence-electron chi connectivity index (χ1n) is 11.6. The molecule has 1 atom stereocenters. The summed E-state index contributed by atoms with van der Waals surface area (Å²) < 4.78 is 12.0. The third-order valence-electron chi connectivity index (χ3n) is 6.33. The summed E-state index contributed by atoms with van der Waals surface area (Å²) in [6.07, 6.45) is 2.63. The number of ether oxygens (including phenoxy) is 2. The molecule has 186 valence electrons. The molecule has 7 nitrogen and oxygen atoms in total. The van der Waals surface area contributed by atoms with Crippen molar-refractivity contribution in [3.63, 3.8) is 0 Å². The number of ketones is 1. The summed E-state index contributed by atoms with van der Waals surface area (Å²) in [7, 11) is 1.55. The lowest BCUT2D eigenvalue weighted by Crippen LogP contribution is -2.44. The molecule has 1 aliphatic heterocycles. The third-order valence-corrected chi connectivity index (χ3v) is 6.92. The molecular formula is C28H29BrN4O3. The number of benzene rings is 2. The first-order valence-corrected chi connectivity index (χ1v) is 12.4. The molecule has 2 aromatic carbocycles. The molecular weight excluding hydrogens is 520 g/mol. The van der Waals surface area contributed by atoms with E-state index in [1.54, 1.807) is 24.3 Å². The van der Waals surface area contributed by atoms with Crippen LogP contribution in [0.25, 0.3) is 0 Å². The number of para-hydroxylation sites is 1. The molecule has 3 N–H and O–H groups in total. The van der Waals surface area contributed by atoms with E-state index >= 15 is 0 Å². The average Bonchev–Trinajstić information content (AvgIpc) is 2.84. The van der Waals surface area contributed by atoms with Gasteiger partial charge in [-0.05, 0) is 57.6 Å². The standard InChI is InChI=1S/C28H29BrN4O3/c1-5-11-36-26-20(29)12-17(13-23(26)35-4)24-19(16-30)27(31)33(32-18-9-7-6-8-10-18)21-14-28(2,3)15-22(34)25(21)24/h5-10,12-13,24,32H,1,11,14-15,31H2,2-4H3/t24-/m0/s1. The van der Waals surface area contributed by atoms with Crippen LogP contribution in [0.15, 0.2) is 82.3 Å². The smallest absolute Gasteiger partial charge is 0.175 e. The van der Waals surface area contributed by atoms with E-state index in [0.717, 1.165) is 11.4 Å². The molecule has 0 aromatic heterocycles. The zero-order chi connectivity index (χ0) is 26.0. The van der Waals surface area contributed by atoms with Crippen LogP contribution in [0.5, 0.6) is 11.5 Å². The monoisotopic (exact) mass is 548 g/mol. The number of hydrogen-bond acceptors (Lipinski definition) is 7. The van der Waals surface area contributed by atoms with Crippen molar-refractivity contribution in [2.24, 2.45) is 11.1 Å². The number of nitrogens with two attached hydrogens (primary N) is 1. The van der Waals surface area contributed by atoms with Gasteiger partial charge in [0.05, 0.1) is 40.5 Å². The number of nitrogens with zero attached hydrogens (tertiary/aromatic N) is 2. The van der Waals surface area contributed by atoms with Crippen LogP contribution in [-0.4, -0.2) is 24.5 Å². The third kappa shape index (κ3) is 4.71. The van der Waals surface area contributed by atoms with Crippen LogP contribution in [0.1, 0.15) is 38.2 Å². The Hall–Kier alpha value is -3.70. The summed E-state index contributed by atoms with van der Waals surface area (Å²) in [4.78, 5) is 13.7. The maximum atomic E-state index is 13.7. The Kier molecular flexibility index (Phi) is 7.14. The number of allylic oxidation sites excluding steroid dienone is 3. The van der Waals surface area contributed by atoms with Gasteiger partial charge in [0, 0.05) is 12.0 Å². The minimum atomic E-state index is -0.638. The van der Waals surface area contributed by atoms with Gasteiger partial charge in [0.15, 0.2) is 17.3 Å². The fourth-order valence-electron chi connectivity index (χ4n) is 4.80. The van der Waals surface area contributed by atoms with Crippen molar-refractivity contribution in [2.45, 2.75) is 32.6 Å². The molecule has 1 heterocycles. The predicted octanol–water partition coefficient (Wildman–Crippen LogP) is 5.79. The number of methoxy groups -OCH3 is 1. The van der Waals surface area contributed by atoms with E-state index < -0.39 is 5.92 Å². The molecule has 8 heteroatoms. The number of hydrogen-bond donors (Lipinski definition) is 2. The Bertz CT molecular complexity index is 1310. The van der Waals surface area contributed by atoms with Gasteiger partial charge in [-0.2, -0.15) is 5.26 Å². The number of rotatable bonds is 7. The van der Waals surface area contributed by atoms with Crippen LogP contribution in [0, 0.1) is 16.7 Å². The fraction of sp³-hybridized carbons (Fsp3) is 0.286. The lowest BCUT2D eigenvalue weighted by molar-refractivity contribution is -0.118. The van der Waals surface area contributed by atoms with E-state index in [1.165, 1.54) is 0 Å². The fourth-order valence-corrected chi connectivity index (χ4v) is 5.37. The van der Waals surface area contributed by atoms with Crippen molar-refractivity contribution in [1.82, 2.24) is 5.01 Å². The van der Waals surface area contributed by atoms with Crippen molar-refractivity contribution >= 4 is 27.4 Å². The second-order valence-electron chi connectivity index (χ2n) is 9.59. The summed E-state index contributed by atoms with van der Waals surface area (Å²) in [6.45, 7) is 8.12. The number of anilines is 1. The lowest BCUT2D eigenvalue weighted by Gasteiger charge is -2.43. The van der Waals surface area contributed by atoms with Gasteiger partial charge in [0.25, 0.3) is 0 Å². The van der Waals surface area contributed by atoms with E-state index in [9.17, 15) is 10.1 Å². The van der Waals surface area contributed by atoms with Gasteiger partial charge < -0.3 is 15.2 Å². The highest BCUT2D eigenvalue weighted by atomic mass is 79.9. The Balaban J connectivity index is 1.91.